The molecule has 0 N–H and O–H groups in total. The molecule has 1 rings (SSSR count). The van der Waals surface area contributed by atoms with Crippen LogP contribution in [0.3, 0.4) is 0 Å². The maximum atomic E-state index is 12.2. The van der Waals surface area contributed by atoms with E-state index in [2.05, 4.69) is 11.6 Å². The fourth-order valence-electron chi connectivity index (χ4n) is 0.590. The van der Waals surface area contributed by atoms with Crippen LogP contribution in [0.1, 0.15) is 0 Å². The zero-order valence-electron chi connectivity index (χ0n) is 6.31. The summed E-state index contributed by atoms with van der Waals surface area (Å²) in [5, 5.41) is 9.99. The van der Waals surface area contributed by atoms with Crippen LogP contribution in [-0.2, 0) is 4.79 Å². The van der Waals surface area contributed by atoms with Crippen molar-refractivity contribution in [2.45, 2.75) is 0 Å². The molecule has 70 valence electrons. The summed E-state index contributed by atoms with van der Waals surface area (Å²) in [5.41, 5.74) is -0.222. The van der Waals surface area contributed by atoms with E-state index in [0.29, 0.717) is 0 Å². The van der Waals surface area contributed by atoms with Crippen molar-refractivity contribution in [2.24, 2.45) is 0 Å². The van der Waals surface area contributed by atoms with Crippen molar-refractivity contribution in [3.63, 3.8) is 0 Å². The average Bonchev–Trinajstić information content (AvgIpc) is 2.05. The zero-order chi connectivity index (χ0) is 10.3. The van der Waals surface area contributed by atoms with Crippen LogP contribution in [0.4, 0.5) is 10.1 Å². The third kappa shape index (κ3) is 4.86. The van der Waals surface area contributed by atoms with Gasteiger partial charge in [-0.3, -0.25) is 14.9 Å². The minimum absolute atomic E-state index is 0.222. The second kappa shape index (κ2) is 6.07. The van der Waals surface area contributed by atoms with Crippen molar-refractivity contribution in [1.82, 2.24) is 0 Å². The van der Waals surface area contributed by atoms with Crippen molar-refractivity contribution >= 4 is 23.0 Å². The molecule has 0 spiro atoms. The van der Waals surface area contributed by atoms with Gasteiger partial charge in [-0.05, 0) is 17.7 Å². The lowest BCUT2D eigenvalue weighted by Gasteiger charge is -1.88. The van der Waals surface area contributed by atoms with E-state index in [9.17, 15) is 14.5 Å². The monoisotopic (exact) mass is 205 g/mol. The second-order valence-corrected chi connectivity index (χ2v) is 2.00. The number of carbonyl (C=O) groups is 1. The Hall–Kier alpha value is -1.49. The highest BCUT2D eigenvalue weighted by molar-refractivity contribution is 6.54. The van der Waals surface area contributed by atoms with Crippen LogP contribution in [0, 0.1) is 15.9 Å². The molecule has 0 atom stereocenters. The van der Waals surface area contributed by atoms with E-state index in [1.165, 1.54) is 12.1 Å². The summed E-state index contributed by atoms with van der Waals surface area (Å²) in [5.74, 6) is -0.366. The van der Waals surface area contributed by atoms with Gasteiger partial charge in [-0.2, -0.15) is 0 Å². The maximum absolute atomic E-state index is 12.2. The van der Waals surface area contributed by atoms with Gasteiger partial charge < -0.3 is 0 Å². The third-order valence-corrected chi connectivity index (χ3v) is 1.02. The molecule has 0 aliphatic carbocycles. The fourth-order valence-corrected chi connectivity index (χ4v) is 0.590. The molecule has 0 unspecified atom stereocenters. The van der Waals surface area contributed by atoms with Gasteiger partial charge in [0.05, 0.1) is 11.0 Å². The molecular weight excluding hydrogens is 201 g/mol. The van der Waals surface area contributed by atoms with Crippen molar-refractivity contribution in [2.75, 3.05) is 0 Å². The molecule has 0 aliphatic heterocycles. The summed E-state index contributed by atoms with van der Waals surface area (Å²) >= 11 is 4.32. The van der Waals surface area contributed by atoms with Gasteiger partial charge in [-0.1, -0.05) is 6.07 Å². The number of nitro benzene ring substituents is 1. The van der Waals surface area contributed by atoms with Crippen LogP contribution < -0.4 is 0 Å². The summed E-state index contributed by atoms with van der Waals surface area (Å²) in [6.45, 7) is 0. The lowest BCUT2D eigenvalue weighted by atomic mass is 10.3. The minimum Gasteiger partial charge on any atom is -0.285 e. The number of rotatable bonds is 1. The van der Waals surface area contributed by atoms with E-state index in [4.69, 9.17) is 4.79 Å². The third-order valence-electron chi connectivity index (χ3n) is 1.02. The van der Waals surface area contributed by atoms with Crippen molar-refractivity contribution in [3.05, 3.63) is 40.2 Å². The van der Waals surface area contributed by atoms with E-state index in [-0.39, 0.29) is 11.4 Å². The highest BCUT2D eigenvalue weighted by Gasteiger charge is 2.03. The molecular formula is C7H5ClFNO3. The predicted octanol–water partition coefficient (Wildman–Crippen LogP) is 2.15. The smallest absolute Gasteiger partial charge is 0.272 e. The van der Waals surface area contributed by atoms with Gasteiger partial charge in [-0.25, -0.2) is 4.39 Å². The molecule has 0 saturated carbocycles. The normalized spacial score (nSPS) is 8.15. The molecule has 0 aliphatic rings. The molecule has 4 nitrogen and oxygen atoms in total. The molecule has 0 saturated heterocycles. The Labute approximate surface area is 78.1 Å². The maximum Gasteiger partial charge on any atom is 0.272 e. The Morgan fingerprint density at radius 2 is 2.08 bits per heavy atom. The van der Waals surface area contributed by atoms with Crippen molar-refractivity contribution in [3.8, 4) is 0 Å². The second-order valence-electron chi connectivity index (χ2n) is 1.83. The first-order chi connectivity index (χ1) is 6.11. The number of nitrogens with zero attached hydrogens (tertiary/aromatic N) is 1. The highest BCUT2D eigenvalue weighted by atomic mass is 35.5. The summed E-state index contributed by atoms with van der Waals surface area (Å²) in [6, 6.07) is 4.57. The highest BCUT2D eigenvalue weighted by Crippen LogP contribution is 2.10. The molecule has 0 amide bonds. The van der Waals surface area contributed by atoms with Gasteiger partial charge in [0.25, 0.3) is 5.69 Å². The summed E-state index contributed by atoms with van der Waals surface area (Å²) in [4.78, 5) is 17.9. The van der Waals surface area contributed by atoms with E-state index in [0.717, 1.165) is 12.1 Å². The van der Waals surface area contributed by atoms with Gasteiger partial charge in [0.1, 0.15) is 5.82 Å². The summed E-state index contributed by atoms with van der Waals surface area (Å²) < 4.78 is 12.2. The van der Waals surface area contributed by atoms with Crippen LogP contribution in [0.5, 0.6) is 0 Å². The van der Waals surface area contributed by atoms with Crippen LogP contribution in [-0.4, -0.2) is 10.7 Å². The first kappa shape index (κ1) is 11.5. The number of hydrogen-bond acceptors (Lipinski definition) is 3. The number of hydrogen-bond donors (Lipinski definition) is 0. The standard InChI is InChI=1S/C6H4FNO2.CHClO/c7-5-2-1-3-6(4-5)8(9)10;2-1-3/h1-4H;1H. The molecule has 1 aromatic rings. The number of halogens is 2. The summed E-state index contributed by atoms with van der Waals surface area (Å²) in [6.07, 6.45) is 0. The van der Waals surface area contributed by atoms with E-state index in [1.54, 1.807) is 0 Å². The largest absolute Gasteiger partial charge is 0.285 e. The first-order valence-corrected chi connectivity index (χ1v) is 3.49. The van der Waals surface area contributed by atoms with Crippen LogP contribution in [0.2, 0.25) is 0 Å². The van der Waals surface area contributed by atoms with E-state index < -0.39 is 10.7 Å². The lowest BCUT2D eigenvalue weighted by molar-refractivity contribution is -0.385. The van der Waals surface area contributed by atoms with Gasteiger partial charge in [0.2, 0.25) is 5.75 Å². The topological polar surface area (TPSA) is 60.2 Å². The molecule has 13 heavy (non-hydrogen) atoms. The number of carbonyl (C=O) groups excluding carboxylic acids is 1. The molecule has 0 fully saturated rings. The van der Waals surface area contributed by atoms with Crippen molar-refractivity contribution in [1.29, 1.82) is 0 Å². The Morgan fingerprint density at radius 1 is 1.54 bits per heavy atom. The fraction of sp³-hybridized carbons (Fsp3) is 0. The van der Waals surface area contributed by atoms with E-state index in [1.807, 2.05) is 0 Å². The van der Waals surface area contributed by atoms with Gasteiger partial charge in [-0.15, -0.1) is 0 Å². The Morgan fingerprint density at radius 3 is 2.38 bits per heavy atom. The predicted molar refractivity (Wildman–Crippen MR) is 45.7 cm³/mol. The Kier molecular flexibility index (Phi) is 5.38. The quantitative estimate of drug-likeness (QED) is 0.305. The molecule has 0 bridgehead atoms. The van der Waals surface area contributed by atoms with E-state index >= 15 is 0 Å². The first-order valence-electron chi connectivity index (χ1n) is 3.05. The molecule has 6 heteroatoms. The van der Waals surface area contributed by atoms with Crippen LogP contribution in [0.15, 0.2) is 24.3 Å². The Balaban J connectivity index is 0.000000424. The molecule has 1 aromatic carbocycles. The van der Waals surface area contributed by atoms with Crippen molar-refractivity contribution < 1.29 is 14.1 Å². The number of non-ortho nitro benzene ring substituents is 1. The number of nitro groups is 1. The minimum atomic E-state index is -0.636. The molecule has 0 radical (unpaired) electrons. The van der Waals surface area contributed by atoms with Crippen LogP contribution >= 0.6 is 11.6 Å². The lowest BCUT2D eigenvalue weighted by Crippen LogP contribution is -1.87. The zero-order valence-corrected chi connectivity index (χ0v) is 7.07. The summed E-state index contributed by atoms with van der Waals surface area (Å²) in [7, 11) is 0. The molecule has 0 aromatic heterocycles. The Bertz CT molecular complexity index is 306. The molecule has 0 heterocycles. The van der Waals surface area contributed by atoms with Crippen LogP contribution in [0.25, 0.3) is 0 Å². The average molecular weight is 206 g/mol. The van der Waals surface area contributed by atoms with Gasteiger partial charge in [0, 0.05) is 6.07 Å². The SMILES string of the molecule is O=CCl.O=[N+]([O-])c1cccc(F)c1. The van der Waals surface area contributed by atoms with Gasteiger partial charge >= 0.3 is 0 Å². The van der Waals surface area contributed by atoms with Gasteiger partial charge in [0.15, 0.2) is 0 Å². The number of benzene rings is 1.